The summed E-state index contributed by atoms with van der Waals surface area (Å²) in [6, 6.07) is 0. The Morgan fingerprint density at radius 1 is 0.909 bits per heavy atom. The van der Waals surface area contributed by atoms with Crippen LogP contribution >= 0.6 is 22.6 Å². The molecule has 1 aromatic carbocycles. The summed E-state index contributed by atoms with van der Waals surface area (Å²) in [6.07, 6.45) is -4.80. The number of hydrogen-bond donors (Lipinski definition) is 1. The van der Waals surface area contributed by atoms with Gasteiger partial charge in [-0.15, -0.1) is 0 Å². The predicted octanol–water partition coefficient (Wildman–Crippen LogP) is 2.32. The van der Waals surface area contributed by atoms with E-state index in [-0.39, 0.29) is 22.8 Å². The second kappa shape index (κ2) is 11.2. The molecule has 184 valence electrons. The summed E-state index contributed by atoms with van der Waals surface area (Å²) in [5, 5.41) is 9.66. The van der Waals surface area contributed by atoms with Gasteiger partial charge < -0.3 is 38.3 Å². The van der Waals surface area contributed by atoms with E-state index in [0.717, 1.165) is 0 Å². The normalized spacial score (nSPS) is 24.5. The van der Waals surface area contributed by atoms with E-state index >= 15 is 0 Å². The highest BCUT2D eigenvalue weighted by molar-refractivity contribution is 14.1. The number of hydrogen-bond acceptors (Lipinski definition) is 10. The van der Waals surface area contributed by atoms with Crippen molar-refractivity contribution in [3.8, 4) is 17.2 Å². The number of carbonyl (C=O) groups excluding carboxylic acids is 2. The lowest BCUT2D eigenvalue weighted by molar-refractivity contribution is -0.281. The van der Waals surface area contributed by atoms with Gasteiger partial charge in [-0.2, -0.15) is 0 Å². The van der Waals surface area contributed by atoms with Gasteiger partial charge in [-0.3, -0.25) is 9.59 Å². The molecule has 0 amide bonds. The number of benzene rings is 1. The molecule has 5 atom stereocenters. The summed E-state index contributed by atoms with van der Waals surface area (Å²) in [6.45, 7) is 5.71. The highest BCUT2D eigenvalue weighted by Crippen LogP contribution is 2.47. The summed E-state index contributed by atoms with van der Waals surface area (Å²) in [4.78, 5) is 35.3. The average Bonchev–Trinajstić information content (AvgIpc) is 2.73. The fraction of sp³-hybridized carbons (Fsp3) is 0.571. The topological polar surface area (TPSA) is 136 Å². The van der Waals surface area contributed by atoms with Crippen LogP contribution in [0.4, 0.5) is 0 Å². The Labute approximate surface area is 204 Å². The molecule has 11 nitrogen and oxygen atoms in total. The van der Waals surface area contributed by atoms with Crippen LogP contribution in [-0.4, -0.2) is 75.0 Å². The van der Waals surface area contributed by atoms with Gasteiger partial charge in [0.2, 0.25) is 12.0 Å². The van der Waals surface area contributed by atoms with Crippen LogP contribution in [0.1, 0.15) is 36.7 Å². The molecule has 33 heavy (non-hydrogen) atoms. The zero-order valence-electron chi connectivity index (χ0n) is 19.3. The molecule has 1 aromatic rings. The van der Waals surface area contributed by atoms with Gasteiger partial charge in [-0.05, 0) is 42.0 Å². The standard InChI is InChI=1S/C21H27IO11/c1-8-12(20(25)26)15(27-5)18(29-7)16(13(8)22)33-21-19(32-11(4)24)17(28-6)14(9(2)30-21)31-10(3)23/h9,14,17,19,21H,1-7H3,(H,25,26)/t9-,14-,17+,19+,21-/m0/s1. The van der Waals surface area contributed by atoms with Gasteiger partial charge in [-0.25, -0.2) is 4.79 Å². The van der Waals surface area contributed by atoms with Crippen molar-refractivity contribution >= 4 is 40.5 Å². The zero-order chi connectivity index (χ0) is 25.0. The van der Waals surface area contributed by atoms with Crippen LogP contribution < -0.4 is 14.2 Å². The second-order valence-electron chi connectivity index (χ2n) is 7.19. The summed E-state index contributed by atoms with van der Waals surface area (Å²) >= 11 is 1.93. The maximum absolute atomic E-state index is 11.8. The Morgan fingerprint density at radius 3 is 1.91 bits per heavy atom. The molecule has 1 heterocycles. The van der Waals surface area contributed by atoms with Crippen LogP contribution in [-0.2, 0) is 28.5 Å². The van der Waals surface area contributed by atoms with Crippen LogP contribution in [0.3, 0.4) is 0 Å². The largest absolute Gasteiger partial charge is 0.492 e. The van der Waals surface area contributed by atoms with Crippen molar-refractivity contribution in [2.24, 2.45) is 0 Å². The summed E-state index contributed by atoms with van der Waals surface area (Å²) in [5.41, 5.74) is 0.301. The monoisotopic (exact) mass is 582 g/mol. The van der Waals surface area contributed by atoms with E-state index in [9.17, 15) is 19.5 Å². The van der Waals surface area contributed by atoms with E-state index in [1.54, 1.807) is 13.8 Å². The Bertz CT molecular complexity index is 916. The molecule has 0 bridgehead atoms. The number of carboxylic acids is 1. The maximum atomic E-state index is 11.8. The molecule has 1 fully saturated rings. The quantitative estimate of drug-likeness (QED) is 0.357. The number of aromatic carboxylic acids is 1. The first-order valence-electron chi connectivity index (χ1n) is 9.85. The number of esters is 2. The van der Waals surface area contributed by atoms with E-state index in [1.165, 1.54) is 35.2 Å². The zero-order valence-corrected chi connectivity index (χ0v) is 21.5. The minimum atomic E-state index is -1.21. The van der Waals surface area contributed by atoms with E-state index in [1.807, 2.05) is 22.6 Å². The van der Waals surface area contributed by atoms with Crippen molar-refractivity contribution in [2.45, 2.75) is 58.4 Å². The van der Waals surface area contributed by atoms with Crippen molar-refractivity contribution in [1.29, 1.82) is 0 Å². The number of carbonyl (C=O) groups is 3. The molecule has 1 N–H and O–H groups in total. The molecule has 0 unspecified atom stereocenters. The first kappa shape index (κ1) is 26.9. The SMILES string of the molecule is COc1c(O[C@@H]2O[C@@H](C)[C@H](OC(C)=O)[C@@H](OC)[C@H]2OC(C)=O)c(I)c(C)c(C(=O)O)c1OC. The van der Waals surface area contributed by atoms with Gasteiger partial charge in [0.1, 0.15) is 11.7 Å². The van der Waals surface area contributed by atoms with Crippen molar-refractivity contribution in [1.82, 2.24) is 0 Å². The van der Waals surface area contributed by atoms with Crippen molar-refractivity contribution in [3.63, 3.8) is 0 Å². The van der Waals surface area contributed by atoms with Crippen LogP contribution in [0.5, 0.6) is 17.2 Å². The molecule has 2 rings (SSSR count). The number of ether oxygens (including phenoxy) is 7. The summed E-state index contributed by atoms with van der Waals surface area (Å²) < 4.78 is 39.5. The minimum Gasteiger partial charge on any atom is -0.492 e. The Morgan fingerprint density at radius 2 is 1.45 bits per heavy atom. The van der Waals surface area contributed by atoms with Crippen molar-refractivity contribution in [2.75, 3.05) is 21.3 Å². The molecule has 1 aliphatic rings. The first-order chi connectivity index (χ1) is 15.5. The second-order valence-corrected chi connectivity index (χ2v) is 8.27. The summed E-state index contributed by atoms with van der Waals surface area (Å²) in [7, 11) is 4.03. The fourth-order valence-corrected chi connectivity index (χ4v) is 4.27. The molecule has 1 saturated heterocycles. The molecular formula is C21H27IO11. The molecular weight excluding hydrogens is 555 g/mol. The summed E-state index contributed by atoms with van der Waals surface area (Å²) in [5.74, 6) is -2.26. The van der Waals surface area contributed by atoms with Crippen molar-refractivity contribution in [3.05, 3.63) is 14.7 Å². The smallest absolute Gasteiger partial charge is 0.339 e. The third-order valence-corrected chi connectivity index (χ3v) is 6.30. The molecule has 0 spiro atoms. The molecule has 1 aliphatic heterocycles. The highest BCUT2D eigenvalue weighted by atomic mass is 127. The number of carboxylic acid groups (broad SMARTS) is 1. The van der Waals surface area contributed by atoms with E-state index in [0.29, 0.717) is 9.13 Å². The predicted molar refractivity (Wildman–Crippen MR) is 121 cm³/mol. The molecule has 0 radical (unpaired) electrons. The van der Waals surface area contributed by atoms with E-state index in [4.69, 9.17) is 33.2 Å². The van der Waals surface area contributed by atoms with Gasteiger partial charge in [-0.1, -0.05) is 0 Å². The van der Waals surface area contributed by atoms with E-state index < -0.39 is 48.6 Å². The van der Waals surface area contributed by atoms with Gasteiger partial charge in [0, 0.05) is 21.0 Å². The van der Waals surface area contributed by atoms with Gasteiger partial charge in [0.25, 0.3) is 0 Å². The lowest BCUT2D eigenvalue weighted by Crippen LogP contribution is -2.61. The molecule has 0 aliphatic carbocycles. The molecule has 12 heteroatoms. The number of rotatable bonds is 8. The Hall–Kier alpha value is -2.32. The fourth-order valence-electron chi connectivity index (χ4n) is 3.63. The van der Waals surface area contributed by atoms with E-state index in [2.05, 4.69) is 0 Å². The molecule has 0 aromatic heterocycles. The third kappa shape index (κ3) is 5.61. The van der Waals surface area contributed by atoms with Gasteiger partial charge in [0.05, 0.1) is 23.9 Å². The lowest BCUT2D eigenvalue weighted by Gasteiger charge is -2.43. The van der Waals surface area contributed by atoms with Crippen LogP contribution in [0, 0.1) is 10.5 Å². The van der Waals surface area contributed by atoms with Crippen molar-refractivity contribution < 1.29 is 52.6 Å². The third-order valence-electron chi connectivity index (χ3n) is 5.00. The van der Waals surface area contributed by atoms with Gasteiger partial charge >= 0.3 is 17.9 Å². The Kier molecular flexibility index (Phi) is 9.14. The lowest BCUT2D eigenvalue weighted by atomic mass is 9.99. The molecule has 0 saturated carbocycles. The maximum Gasteiger partial charge on any atom is 0.339 e. The Balaban J connectivity index is 2.59. The minimum absolute atomic E-state index is 0.0267. The number of methoxy groups -OCH3 is 3. The highest BCUT2D eigenvalue weighted by Gasteiger charge is 2.50. The van der Waals surface area contributed by atoms with Crippen LogP contribution in [0.15, 0.2) is 0 Å². The first-order valence-corrected chi connectivity index (χ1v) is 10.9. The van der Waals surface area contributed by atoms with Crippen LogP contribution in [0.2, 0.25) is 0 Å². The van der Waals surface area contributed by atoms with Gasteiger partial charge in [0.15, 0.2) is 23.7 Å². The number of halogens is 1. The average molecular weight is 582 g/mol. The van der Waals surface area contributed by atoms with Crippen LogP contribution in [0.25, 0.3) is 0 Å².